The SMILES string of the molecule is CNC(=O)C(O)CNc1ccc(S(=O)(=O)NC2CCC(C)CC2)cc1[N+](=O)[O-]. The highest BCUT2D eigenvalue weighted by Gasteiger charge is 2.26. The molecule has 1 aliphatic carbocycles. The molecule has 0 aliphatic heterocycles. The second kappa shape index (κ2) is 9.30. The standard InChI is InChI=1S/C17H26N4O6S/c1-11-3-5-12(6-4-11)20-28(26,27)13-7-8-14(15(9-13)21(24)25)19-10-16(22)17(23)18-2/h7-9,11-12,16,19-20,22H,3-6,10H2,1-2H3,(H,18,23). The summed E-state index contributed by atoms with van der Waals surface area (Å²) < 4.78 is 27.9. The summed E-state index contributed by atoms with van der Waals surface area (Å²) in [6, 6.07) is 3.31. The average Bonchev–Trinajstić information content (AvgIpc) is 2.66. The van der Waals surface area contributed by atoms with E-state index in [0.717, 1.165) is 31.7 Å². The molecule has 0 saturated heterocycles. The number of nitro groups is 1. The summed E-state index contributed by atoms with van der Waals surface area (Å²) in [6.45, 7) is 1.87. The second-order valence-corrected chi connectivity index (χ2v) is 8.74. The van der Waals surface area contributed by atoms with E-state index in [9.17, 15) is 28.4 Å². The maximum Gasteiger partial charge on any atom is 0.293 e. The fourth-order valence-corrected chi connectivity index (χ4v) is 4.44. The van der Waals surface area contributed by atoms with Crippen LogP contribution in [0.15, 0.2) is 23.1 Å². The number of likely N-dealkylation sites (N-methyl/N-ethyl adjacent to an activating group) is 1. The number of aliphatic hydroxyl groups excluding tert-OH is 1. The van der Waals surface area contributed by atoms with Gasteiger partial charge in [0.2, 0.25) is 15.9 Å². The molecule has 0 spiro atoms. The fraction of sp³-hybridized carbons (Fsp3) is 0.588. The number of anilines is 1. The summed E-state index contributed by atoms with van der Waals surface area (Å²) in [5.74, 6) is -0.0716. The van der Waals surface area contributed by atoms with E-state index >= 15 is 0 Å². The number of amides is 1. The molecule has 0 aromatic heterocycles. The highest BCUT2D eigenvalue weighted by Crippen LogP contribution is 2.29. The fourth-order valence-electron chi connectivity index (χ4n) is 3.11. The first-order valence-corrected chi connectivity index (χ1v) is 10.6. The van der Waals surface area contributed by atoms with Gasteiger partial charge in [0.15, 0.2) is 0 Å². The quantitative estimate of drug-likeness (QED) is 0.365. The van der Waals surface area contributed by atoms with Crippen molar-refractivity contribution in [2.45, 2.75) is 49.6 Å². The van der Waals surface area contributed by atoms with Gasteiger partial charge in [0.25, 0.3) is 5.69 Å². The van der Waals surface area contributed by atoms with Gasteiger partial charge in [-0.2, -0.15) is 0 Å². The number of carbonyl (C=O) groups is 1. The minimum Gasteiger partial charge on any atom is -0.381 e. The van der Waals surface area contributed by atoms with Crippen LogP contribution in [0.5, 0.6) is 0 Å². The van der Waals surface area contributed by atoms with Crippen molar-refractivity contribution in [3.8, 4) is 0 Å². The zero-order valence-electron chi connectivity index (χ0n) is 15.8. The molecule has 1 atom stereocenters. The minimum atomic E-state index is -3.89. The number of nitrogens with zero attached hydrogens (tertiary/aromatic N) is 1. The number of sulfonamides is 1. The number of hydrogen-bond acceptors (Lipinski definition) is 7. The molecule has 156 valence electrons. The molecule has 1 aliphatic rings. The van der Waals surface area contributed by atoms with Crippen LogP contribution in [0, 0.1) is 16.0 Å². The van der Waals surface area contributed by atoms with Crippen LogP contribution in [0.25, 0.3) is 0 Å². The van der Waals surface area contributed by atoms with Gasteiger partial charge in [-0.15, -0.1) is 0 Å². The molecule has 0 bridgehead atoms. The lowest BCUT2D eigenvalue weighted by molar-refractivity contribution is -0.384. The molecule has 1 aromatic rings. The Morgan fingerprint density at radius 2 is 1.96 bits per heavy atom. The summed E-state index contributed by atoms with van der Waals surface area (Å²) >= 11 is 0. The smallest absolute Gasteiger partial charge is 0.293 e. The number of rotatable bonds is 8. The normalized spacial score (nSPS) is 21.0. The number of hydrogen-bond donors (Lipinski definition) is 4. The van der Waals surface area contributed by atoms with Gasteiger partial charge in [0, 0.05) is 19.2 Å². The van der Waals surface area contributed by atoms with Crippen LogP contribution in [-0.2, 0) is 14.8 Å². The van der Waals surface area contributed by atoms with Crippen molar-refractivity contribution in [2.24, 2.45) is 5.92 Å². The molecule has 10 nitrogen and oxygen atoms in total. The van der Waals surface area contributed by atoms with Crippen LogP contribution < -0.4 is 15.4 Å². The largest absolute Gasteiger partial charge is 0.381 e. The number of benzene rings is 1. The third kappa shape index (κ3) is 5.63. The summed E-state index contributed by atoms with van der Waals surface area (Å²) in [6.07, 6.45) is 1.94. The topological polar surface area (TPSA) is 151 Å². The predicted molar refractivity (Wildman–Crippen MR) is 103 cm³/mol. The number of nitro benzene ring substituents is 1. The van der Waals surface area contributed by atoms with Gasteiger partial charge in [-0.05, 0) is 43.7 Å². The van der Waals surface area contributed by atoms with E-state index in [2.05, 4.69) is 22.3 Å². The van der Waals surface area contributed by atoms with Crippen LogP contribution in [-0.4, -0.2) is 50.1 Å². The van der Waals surface area contributed by atoms with Crippen molar-refractivity contribution in [3.63, 3.8) is 0 Å². The van der Waals surface area contributed by atoms with Crippen LogP contribution in [0.4, 0.5) is 11.4 Å². The third-order valence-electron chi connectivity index (χ3n) is 4.85. The molecule has 1 aromatic carbocycles. The van der Waals surface area contributed by atoms with Gasteiger partial charge in [0.1, 0.15) is 11.8 Å². The minimum absolute atomic E-state index is 0.0124. The number of carbonyl (C=O) groups excluding carboxylic acids is 1. The first kappa shape index (κ1) is 22.1. The number of aliphatic hydroxyl groups is 1. The van der Waals surface area contributed by atoms with E-state index in [1.807, 2.05) is 0 Å². The van der Waals surface area contributed by atoms with E-state index in [0.29, 0.717) is 5.92 Å². The molecule has 28 heavy (non-hydrogen) atoms. The summed E-state index contributed by atoms with van der Waals surface area (Å²) in [4.78, 5) is 21.8. The van der Waals surface area contributed by atoms with E-state index < -0.39 is 32.6 Å². The van der Waals surface area contributed by atoms with Gasteiger partial charge in [0.05, 0.1) is 16.4 Å². The highest BCUT2D eigenvalue weighted by molar-refractivity contribution is 7.89. The van der Waals surface area contributed by atoms with Gasteiger partial charge in [-0.1, -0.05) is 6.92 Å². The Labute approximate surface area is 163 Å². The van der Waals surface area contributed by atoms with Crippen LogP contribution in [0.1, 0.15) is 32.6 Å². The lowest BCUT2D eigenvalue weighted by Gasteiger charge is -2.26. The molecule has 2 rings (SSSR count). The lowest BCUT2D eigenvalue weighted by atomic mass is 9.88. The summed E-state index contributed by atoms with van der Waals surface area (Å²) in [5, 5.41) is 25.9. The van der Waals surface area contributed by atoms with Crippen molar-refractivity contribution in [3.05, 3.63) is 28.3 Å². The van der Waals surface area contributed by atoms with Gasteiger partial charge >= 0.3 is 0 Å². The Morgan fingerprint density at radius 1 is 1.32 bits per heavy atom. The first-order valence-electron chi connectivity index (χ1n) is 9.08. The Hall–Kier alpha value is -2.24. The molecule has 4 N–H and O–H groups in total. The molecule has 1 amide bonds. The van der Waals surface area contributed by atoms with Crippen molar-refractivity contribution in [2.75, 3.05) is 18.9 Å². The maximum absolute atomic E-state index is 12.6. The summed E-state index contributed by atoms with van der Waals surface area (Å²) in [7, 11) is -2.54. The van der Waals surface area contributed by atoms with E-state index in [-0.39, 0.29) is 23.2 Å². The Bertz CT molecular complexity index is 821. The Kier molecular flexibility index (Phi) is 7.33. The van der Waals surface area contributed by atoms with Crippen LogP contribution in [0.3, 0.4) is 0 Å². The Morgan fingerprint density at radius 3 is 2.54 bits per heavy atom. The average molecular weight is 414 g/mol. The van der Waals surface area contributed by atoms with E-state index in [4.69, 9.17) is 0 Å². The van der Waals surface area contributed by atoms with Crippen molar-refractivity contribution < 1.29 is 23.2 Å². The predicted octanol–water partition coefficient (Wildman–Crippen LogP) is 0.971. The van der Waals surface area contributed by atoms with E-state index in [1.165, 1.54) is 19.2 Å². The zero-order valence-corrected chi connectivity index (χ0v) is 16.7. The van der Waals surface area contributed by atoms with Gasteiger partial charge in [-0.3, -0.25) is 14.9 Å². The van der Waals surface area contributed by atoms with E-state index in [1.54, 1.807) is 0 Å². The molecule has 0 radical (unpaired) electrons. The third-order valence-corrected chi connectivity index (χ3v) is 6.37. The van der Waals surface area contributed by atoms with Gasteiger partial charge in [-0.25, -0.2) is 13.1 Å². The first-order chi connectivity index (χ1) is 13.1. The zero-order chi connectivity index (χ0) is 20.9. The Balaban J connectivity index is 2.16. The molecule has 1 saturated carbocycles. The molecule has 1 fully saturated rings. The van der Waals surface area contributed by atoms with Crippen molar-refractivity contribution in [1.82, 2.24) is 10.0 Å². The monoisotopic (exact) mass is 414 g/mol. The lowest BCUT2D eigenvalue weighted by Crippen LogP contribution is -2.37. The molecular formula is C17H26N4O6S. The maximum atomic E-state index is 12.6. The number of nitrogens with one attached hydrogen (secondary N) is 3. The molecule has 11 heteroatoms. The second-order valence-electron chi connectivity index (χ2n) is 7.03. The molecule has 0 heterocycles. The molecule has 1 unspecified atom stereocenters. The van der Waals surface area contributed by atoms with Gasteiger partial charge < -0.3 is 15.7 Å². The van der Waals surface area contributed by atoms with Crippen molar-refractivity contribution in [1.29, 1.82) is 0 Å². The molecular weight excluding hydrogens is 388 g/mol. The van der Waals surface area contributed by atoms with Crippen LogP contribution in [0.2, 0.25) is 0 Å². The van der Waals surface area contributed by atoms with Crippen molar-refractivity contribution >= 4 is 27.3 Å². The van der Waals surface area contributed by atoms with Crippen LogP contribution >= 0.6 is 0 Å². The highest BCUT2D eigenvalue weighted by atomic mass is 32.2. The summed E-state index contributed by atoms with van der Waals surface area (Å²) in [5.41, 5.74) is -0.442.